The van der Waals surface area contributed by atoms with Crippen LogP contribution in [-0.4, -0.2) is 16.9 Å². The molecule has 1 atom stereocenters. The van der Waals surface area contributed by atoms with Crippen LogP contribution in [0.3, 0.4) is 0 Å². The van der Waals surface area contributed by atoms with E-state index in [4.69, 9.17) is 10.5 Å². The number of nitrogens with zero attached hydrogens (tertiary/aromatic N) is 1. The minimum Gasteiger partial charge on any atom is -0.439 e. The Hall–Kier alpha value is -2.61. The van der Waals surface area contributed by atoms with Crippen LogP contribution in [0.5, 0.6) is 11.6 Å². The Morgan fingerprint density at radius 1 is 1.25 bits per heavy atom. The maximum Gasteiger partial charge on any atom is 0.416 e. The first-order valence-corrected chi connectivity index (χ1v) is 7.10. The van der Waals surface area contributed by atoms with Crippen molar-refractivity contribution in [3.63, 3.8) is 0 Å². The minimum atomic E-state index is -4.39. The molecule has 128 valence electrons. The van der Waals surface area contributed by atoms with Crippen molar-refractivity contribution in [2.24, 2.45) is 5.73 Å². The predicted molar refractivity (Wildman–Crippen MR) is 82.7 cm³/mol. The van der Waals surface area contributed by atoms with Crippen LogP contribution in [0.2, 0.25) is 0 Å². The highest BCUT2D eigenvalue weighted by atomic mass is 19.4. The van der Waals surface area contributed by atoms with Gasteiger partial charge in [-0.15, -0.1) is 0 Å². The molecule has 0 bridgehead atoms. The van der Waals surface area contributed by atoms with Gasteiger partial charge in [-0.05, 0) is 37.3 Å². The fraction of sp³-hybridized carbons (Fsp3) is 0.250. The average Bonchev–Trinajstić information content (AvgIpc) is 2.48. The molecule has 1 aromatic heterocycles. The molecular formula is C16H16F3N3O2. The number of amides is 1. The molecule has 2 rings (SSSR count). The molecule has 1 heterocycles. The molecule has 0 fully saturated rings. The summed E-state index contributed by atoms with van der Waals surface area (Å²) in [6, 6.07) is 7.10. The summed E-state index contributed by atoms with van der Waals surface area (Å²) in [6.07, 6.45) is -2.82. The lowest BCUT2D eigenvalue weighted by Gasteiger charge is -2.09. The van der Waals surface area contributed by atoms with Crippen LogP contribution in [-0.2, 0) is 11.0 Å². The number of carbonyl (C=O) groups excluding carboxylic acids is 1. The lowest BCUT2D eigenvalue weighted by Crippen LogP contribution is -2.23. The summed E-state index contributed by atoms with van der Waals surface area (Å²) in [5.41, 5.74) is 5.25. The van der Waals surface area contributed by atoms with Crippen LogP contribution in [0.15, 0.2) is 42.6 Å². The summed E-state index contributed by atoms with van der Waals surface area (Å²) in [5, 5.41) is 2.63. The average molecular weight is 339 g/mol. The molecule has 8 heteroatoms. The van der Waals surface area contributed by atoms with Crippen molar-refractivity contribution < 1.29 is 22.7 Å². The van der Waals surface area contributed by atoms with Crippen LogP contribution in [0.25, 0.3) is 0 Å². The van der Waals surface area contributed by atoms with Gasteiger partial charge in [-0.1, -0.05) is 0 Å². The van der Waals surface area contributed by atoms with Gasteiger partial charge in [-0.25, -0.2) is 4.98 Å². The van der Waals surface area contributed by atoms with Crippen LogP contribution in [0, 0.1) is 0 Å². The lowest BCUT2D eigenvalue weighted by molar-refractivity contribution is -0.137. The molecule has 1 unspecified atom stereocenters. The number of anilines is 1. The van der Waals surface area contributed by atoms with E-state index < -0.39 is 11.7 Å². The Balaban J connectivity index is 1.97. The van der Waals surface area contributed by atoms with E-state index in [1.165, 1.54) is 24.4 Å². The van der Waals surface area contributed by atoms with Gasteiger partial charge in [-0.2, -0.15) is 13.2 Å². The zero-order valence-corrected chi connectivity index (χ0v) is 12.8. The highest BCUT2D eigenvalue weighted by Gasteiger charge is 2.30. The molecule has 5 nitrogen and oxygen atoms in total. The van der Waals surface area contributed by atoms with Gasteiger partial charge in [0.25, 0.3) is 0 Å². The second-order valence-corrected chi connectivity index (χ2v) is 5.24. The number of ether oxygens (including phenoxy) is 1. The minimum absolute atomic E-state index is 0.184. The molecular weight excluding hydrogens is 323 g/mol. The van der Waals surface area contributed by atoms with E-state index in [1.54, 1.807) is 13.0 Å². The standard InChI is InChI=1S/C16H16F3N3O2/c1-10(20)8-14(23)22-12-4-7-15(21-9-12)24-13-5-2-11(3-6-13)16(17,18)19/h2-7,9-10H,8,20H2,1H3,(H,22,23). The number of pyridine rings is 1. The van der Waals surface area contributed by atoms with Gasteiger partial charge in [-0.3, -0.25) is 4.79 Å². The number of nitrogens with one attached hydrogen (secondary N) is 1. The summed E-state index contributed by atoms with van der Waals surface area (Å²) in [5.74, 6) is 0.187. The third kappa shape index (κ3) is 5.24. The molecule has 0 radical (unpaired) electrons. The van der Waals surface area contributed by atoms with Crippen molar-refractivity contribution in [3.8, 4) is 11.6 Å². The molecule has 0 aliphatic carbocycles. The molecule has 0 aliphatic rings. The topological polar surface area (TPSA) is 77.2 Å². The second-order valence-electron chi connectivity index (χ2n) is 5.24. The highest BCUT2D eigenvalue weighted by Crippen LogP contribution is 2.31. The number of benzene rings is 1. The third-order valence-electron chi connectivity index (χ3n) is 2.93. The number of rotatable bonds is 5. The fourth-order valence-electron chi connectivity index (χ4n) is 1.85. The molecule has 0 saturated carbocycles. The number of carbonyl (C=O) groups is 1. The van der Waals surface area contributed by atoms with Crippen LogP contribution < -0.4 is 15.8 Å². The summed E-state index contributed by atoms with van der Waals surface area (Å²) in [7, 11) is 0. The molecule has 24 heavy (non-hydrogen) atoms. The fourth-order valence-corrected chi connectivity index (χ4v) is 1.85. The Labute approximate surface area is 136 Å². The monoisotopic (exact) mass is 339 g/mol. The largest absolute Gasteiger partial charge is 0.439 e. The lowest BCUT2D eigenvalue weighted by atomic mass is 10.2. The van der Waals surface area contributed by atoms with E-state index in [-0.39, 0.29) is 30.0 Å². The van der Waals surface area contributed by atoms with Gasteiger partial charge in [0.15, 0.2) is 0 Å². The SMILES string of the molecule is CC(N)CC(=O)Nc1ccc(Oc2ccc(C(F)(F)F)cc2)nc1. The van der Waals surface area contributed by atoms with E-state index >= 15 is 0 Å². The van der Waals surface area contributed by atoms with E-state index in [2.05, 4.69) is 10.3 Å². The Bertz CT molecular complexity index is 683. The zero-order chi connectivity index (χ0) is 17.7. The van der Waals surface area contributed by atoms with E-state index in [9.17, 15) is 18.0 Å². The van der Waals surface area contributed by atoms with Crippen molar-refractivity contribution in [3.05, 3.63) is 48.2 Å². The summed E-state index contributed by atoms with van der Waals surface area (Å²) in [4.78, 5) is 15.6. The van der Waals surface area contributed by atoms with Gasteiger partial charge in [0.2, 0.25) is 11.8 Å². The van der Waals surface area contributed by atoms with Gasteiger partial charge in [0, 0.05) is 18.5 Å². The summed E-state index contributed by atoms with van der Waals surface area (Å²) < 4.78 is 42.8. The van der Waals surface area contributed by atoms with Gasteiger partial charge in [0.1, 0.15) is 5.75 Å². The number of halogens is 3. The number of hydrogen-bond acceptors (Lipinski definition) is 4. The van der Waals surface area contributed by atoms with Crippen LogP contribution in [0.4, 0.5) is 18.9 Å². The van der Waals surface area contributed by atoms with Crippen LogP contribution >= 0.6 is 0 Å². The summed E-state index contributed by atoms with van der Waals surface area (Å²) in [6.45, 7) is 1.72. The van der Waals surface area contributed by atoms with Crippen molar-refractivity contribution in [1.29, 1.82) is 0 Å². The number of nitrogens with two attached hydrogens (primary N) is 1. The highest BCUT2D eigenvalue weighted by molar-refractivity contribution is 5.90. The Kier molecular flexibility index (Phi) is 5.40. The normalized spacial score (nSPS) is 12.5. The Morgan fingerprint density at radius 3 is 2.42 bits per heavy atom. The maximum absolute atomic E-state index is 12.5. The second kappa shape index (κ2) is 7.31. The Morgan fingerprint density at radius 2 is 1.92 bits per heavy atom. The maximum atomic E-state index is 12.5. The van der Waals surface area contributed by atoms with Crippen molar-refractivity contribution in [2.75, 3.05) is 5.32 Å². The third-order valence-corrected chi connectivity index (χ3v) is 2.93. The van der Waals surface area contributed by atoms with Gasteiger partial charge >= 0.3 is 6.18 Å². The number of aromatic nitrogens is 1. The van der Waals surface area contributed by atoms with Gasteiger partial charge in [0.05, 0.1) is 17.4 Å². The van der Waals surface area contributed by atoms with Crippen molar-refractivity contribution >= 4 is 11.6 Å². The zero-order valence-electron chi connectivity index (χ0n) is 12.8. The molecule has 0 aliphatic heterocycles. The van der Waals surface area contributed by atoms with Gasteiger partial charge < -0.3 is 15.8 Å². The molecule has 2 aromatic rings. The number of alkyl halides is 3. The van der Waals surface area contributed by atoms with Crippen molar-refractivity contribution in [1.82, 2.24) is 4.98 Å². The van der Waals surface area contributed by atoms with Crippen molar-refractivity contribution in [2.45, 2.75) is 25.6 Å². The first-order valence-electron chi connectivity index (χ1n) is 7.10. The first-order chi connectivity index (χ1) is 11.2. The molecule has 1 amide bonds. The molecule has 0 spiro atoms. The van der Waals surface area contributed by atoms with E-state index in [0.29, 0.717) is 5.69 Å². The molecule has 0 saturated heterocycles. The molecule has 3 N–H and O–H groups in total. The quantitative estimate of drug-likeness (QED) is 0.873. The van der Waals surface area contributed by atoms with E-state index in [1.807, 2.05) is 0 Å². The predicted octanol–water partition coefficient (Wildman–Crippen LogP) is 3.57. The smallest absolute Gasteiger partial charge is 0.416 e. The summed E-state index contributed by atoms with van der Waals surface area (Å²) >= 11 is 0. The van der Waals surface area contributed by atoms with Crippen LogP contribution in [0.1, 0.15) is 18.9 Å². The number of hydrogen-bond donors (Lipinski definition) is 2. The first kappa shape index (κ1) is 17.7. The molecule has 1 aromatic carbocycles. The van der Waals surface area contributed by atoms with E-state index in [0.717, 1.165) is 12.1 Å².